The highest BCUT2D eigenvalue weighted by Crippen LogP contribution is 2.31. The molecular formula is C10H9Cl3N2O4S4. The molecule has 0 aliphatic rings. The summed E-state index contributed by atoms with van der Waals surface area (Å²) in [6.07, 6.45) is -1.69. The second kappa shape index (κ2) is 7.14. The van der Waals surface area contributed by atoms with E-state index < -0.39 is 30.0 Å². The number of halogens is 3. The molecule has 6 nitrogen and oxygen atoms in total. The van der Waals surface area contributed by atoms with E-state index in [1.165, 1.54) is 24.3 Å². The average molecular weight is 456 g/mol. The molecule has 0 saturated carbocycles. The predicted octanol–water partition coefficient (Wildman–Crippen LogP) is 2.76. The Labute approximate surface area is 156 Å². The van der Waals surface area contributed by atoms with Crippen molar-refractivity contribution in [3.05, 3.63) is 35.0 Å². The van der Waals surface area contributed by atoms with Crippen LogP contribution >= 0.6 is 57.5 Å². The van der Waals surface area contributed by atoms with Crippen molar-refractivity contribution < 1.29 is 16.8 Å². The summed E-state index contributed by atoms with van der Waals surface area (Å²) in [7, 11) is -8.10. The molecule has 0 saturated heterocycles. The summed E-state index contributed by atoms with van der Waals surface area (Å²) >= 11 is 19.0. The maximum Gasteiger partial charge on any atom is 0.251 e. The molecule has 0 spiro atoms. The Morgan fingerprint density at radius 1 is 0.870 bits per heavy atom. The topological polar surface area (TPSA) is 92.3 Å². The quantitative estimate of drug-likeness (QED) is 0.517. The fraction of sp³-hybridized carbons (Fsp3) is 0.200. The molecule has 2 rings (SSSR count). The van der Waals surface area contributed by atoms with Gasteiger partial charge in [-0.2, -0.15) is 9.44 Å². The molecule has 13 heteroatoms. The van der Waals surface area contributed by atoms with Crippen LogP contribution in [0.1, 0.15) is 0 Å². The second-order valence-electron chi connectivity index (χ2n) is 4.08. The van der Waals surface area contributed by atoms with E-state index in [-0.39, 0.29) is 8.42 Å². The number of rotatable bonds is 6. The van der Waals surface area contributed by atoms with Crippen LogP contribution in [0, 0.1) is 0 Å². The largest absolute Gasteiger partial charge is 0.251 e. The number of alkyl halides is 3. The Morgan fingerprint density at radius 3 is 1.52 bits per heavy atom. The smallest absolute Gasteiger partial charge is 0.206 e. The Kier molecular flexibility index (Phi) is 6.03. The molecule has 0 bridgehead atoms. The minimum absolute atomic E-state index is 0.0351. The van der Waals surface area contributed by atoms with E-state index >= 15 is 0 Å². The maximum atomic E-state index is 12.2. The summed E-state index contributed by atoms with van der Waals surface area (Å²) in [6.45, 7) is 0. The molecule has 0 atom stereocenters. The molecule has 0 amide bonds. The number of hydrogen-bond acceptors (Lipinski definition) is 6. The van der Waals surface area contributed by atoms with Crippen molar-refractivity contribution in [2.75, 3.05) is 0 Å². The first-order chi connectivity index (χ1) is 10.5. The van der Waals surface area contributed by atoms with E-state index in [0.717, 1.165) is 22.7 Å². The summed E-state index contributed by atoms with van der Waals surface area (Å²) in [4.78, 5) is 0. The van der Waals surface area contributed by atoms with Crippen LogP contribution in [0.4, 0.5) is 0 Å². The highest BCUT2D eigenvalue weighted by atomic mass is 35.6. The molecule has 0 aliphatic carbocycles. The highest BCUT2D eigenvalue weighted by molar-refractivity contribution is 7.92. The van der Waals surface area contributed by atoms with Gasteiger partial charge in [-0.05, 0) is 22.9 Å². The predicted molar refractivity (Wildman–Crippen MR) is 93.4 cm³/mol. The summed E-state index contributed by atoms with van der Waals surface area (Å²) < 4.78 is 50.7. The molecule has 0 fully saturated rings. The van der Waals surface area contributed by atoms with Gasteiger partial charge in [-0.3, -0.25) is 0 Å². The standard InChI is InChI=1S/C10H9Cl3N2O4S4/c11-10(12,13)9(14-22(16,17)7-3-1-5-20-7)15-23(18,19)8-4-2-6-21-8/h1-6,9,14-15H. The van der Waals surface area contributed by atoms with Crippen LogP contribution in [-0.2, 0) is 20.0 Å². The van der Waals surface area contributed by atoms with Crippen molar-refractivity contribution in [2.45, 2.75) is 18.4 Å². The normalized spacial score (nSPS) is 13.6. The van der Waals surface area contributed by atoms with Gasteiger partial charge < -0.3 is 0 Å². The number of sulfonamides is 2. The van der Waals surface area contributed by atoms with Gasteiger partial charge in [0.2, 0.25) is 3.79 Å². The lowest BCUT2D eigenvalue weighted by Gasteiger charge is -2.25. The summed E-state index contributed by atoms with van der Waals surface area (Å²) in [5.41, 5.74) is 0. The molecule has 2 heterocycles. The number of hydrogen-bond donors (Lipinski definition) is 2. The third-order valence-electron chi connectivity index (χ3n) is 2.39. The van der Waals surface area contributed by atoms with Gasteiger partial charge in [-0.25, -0.2) is 16.8 Å². The molecule has 0 aliphatic heterocycles. The van der Waals surface area contributed by atoms with Gasteiger partial charge in [-0.15, -0.1) is 22.7 Å². The van der Waals surface area contributed by atoms with Crippen LogP contribution in [0.3, 0.4) is 0 Å². The van der Waals surface area contributed by atoms with Crippen LogP contribution in [0.25, 0.3) is 0 Å². The molecule has 0 aromatic carbocycles. The SMILES string of the molecule is O=S(=O)(NC(NS(=O)(=O)c1cccs1)C(Cl)(Cl)Cl)c1cccs1. The molecule has 2 aromatic heterocycles. The van der Waals surface area contributed by atoms with Gasteiger partial charge in [0.05, 0.1) is 0 Å². The van der Waals surface area contributed by atoms with Gasteiger partial charge >= 0.3 is 0 Å². The van der Waals surface area contributed by atoms with Gasteiger partial charge in [-0.1, -0.05) is 46.9 Å². The van der Waals surface area contributed by atoms with Crippen molar-refractivity contribution in [1.82, 2.24) is 9.44 Å². The molecule has 0 unspecified atom stereocenters. The molecular weight excluding hydrogens is 447 g/mol. The van der Waals surface area contributed by atoms with Crippen LogP contribution in [0.5, 0.6) is 0 Å². The minimum atomic E-state index is -4.05. The fourth-order valence-corrected chi connectivity index (χ4v) is 6.58. The third-order valence-corrected chi connectivity index (χ3v) is 8.69. The summed E-state index contributed by atoms with van der Waals surface area (Å²) in [5.74, 6) is 0. The Hall–Kier alpha value is 0.0900. The van der Waals surface area contributed by atoms with Crippen molar-refractivity contribution in [1.29, 1.82) is 0 Å². The Bertz CT molecular complexity index is 776. The number of thiophene rings is 2. The first kappa shape index (κ1) is 19.4. The van der Waals surface area contributed by atoms with Gasteiger partial charge in [0.25, 0.3) is 20.0 Å². The van der Waals surface area contributed by atoms with Crippen LogP contribution in [-0.4, -0.2) is 26.8 Å². The van der Waals surface area contributed by atoms with Crippen LogP contribution in [0.2, 0.25) is 0 Å². The second-order valence-corrected chi connectivity index (χ2v) is 12.2. The lowest BCUT2D eigenvalue weighted by atomic mass is 10.6. The van der Waals surface area contributed by atoms with E-state index in [9.17, 15) is 16.8 Å². The van der Waals surface area contributed by atoms with Crippen molar-refractivity contribution in [2.24, 2.45) is 0 Å². The molecule has 128 valence electrons. The van der Waals surface area contributed by atoms with Crippen LogP contribution < -0.4 is 9.44 Å². The summed E-state index contributed by atoms with van der Waals surface area (Å²) in [6, 6.07) is 5.74. The Balaban J connectivity index is 2.29. The lowest BCUT2D eigenvalue weighted by Crippen LogP contribution is -2.54. The zero-order valence-corrected chi connectivity index (χ0v) is 16.5. The monoisotopic (exact) mass is 454 g/mol. The maximum absolute atomic E-state index is 12.2. The molecule has 2 aromatic rings. The molecule has 23 heavy (non-hydrogen) atoms. The van der Waals surface area contributed by atoms with Crippen molar-refractivity contribution in [3.8, 4) is 0 Å². The van der Waals surface area contributed by atoms with E-state index in [4.69, 9.17) is 34.8 Å². The zero-order valence-electron chi connectivity index (χ0n) is 10.9. The van der Waals surface area contributed by atoms with E-state index in [1.807, 2.05) is 0 Å². The van der Waals surface area contributed by atoms with Gasteiger partial charge in [0.1, 0.15) is 14.6 Å². The van der Waals surface area contributed by atoms with Crippen LogP contribution in [0.15, 0.2) is 43.4 Å². The highest BCUT2D eigenvalue weighted by Gasteiger charge is 2.39. The number of nitrogens with one attached hydrogen (secondary N) is 2. The van der Waals surface area contributed by atoms with E-state index in [0.29, 0.717) is 0 Å². The molecule has 0 radical (unpaired) electrons. The van der Waals surface area contributed by atoms with Gasteiger partial charge in [0.15, 0.2) is 0 Å². The summed E-state index contributed by atoms with van der Waals surface area (Å²) in [5, 5.41) is 3.10. The zero-order chi connectivity index (χ0) is 17.3. The molecule has 2 N–H and O–H groups in total. The van der Waals surface area contributed by atoms with Crippen molar-refractivity contribution >= 4 is 77.5 Å². The minimum Gasteiger partial charge on any atom is -0.206 e. The van der Waals surface area contributed by atoms with Gasteiger partial charge in [0, 0.05) is 0 Å². The first-order valence-corrected chi connectivity index (χ1v) is 11.6. The van der Waals surface area contributed by atoms with E-state index in [1.54, 1.807) is 10.8 Å². The Morgan fingerprint density at radius 2 is 1.26 bits per heavy atom. The lowest BCUT2D eigenvalue weighted by molar-refractivity contribution is 0.521. The average Bonchev–Trinajstić information content (AvgIpc) is 3.10. The fourth-order valence-electron chi connectivity index (χ4n) is 1.42. The van der Waals surface area contributed by atoms with Crippen molar-refractivity contribution in [3.63, 3.8) is 0 Å². The third kappa shape index (κ3) is 5.03. The first-order valence-electron chi connectivity index (χ1n) is 5.71. The van der Waals surface area contributed by atoms with E-state index in [2.05, 4.69) is 9.44 Å².